The molecule has 0 aromatic carbocycles. The lowest BCUT2D eigenvalue weighted by atomic mass is 9.54. The minimum Gasteiger partial charge on any atom is -0.468 e. The normalized spacial score (nSPS) is 35.1. The average Bonchev–Trinajstić information content (AvgIpc) is 3.63. The number of esters is 2. The molecule has 0 aromatic rings. The Bertz CT molecular complexity index is 1570. The van der Waals surface area contributed by atoms with Gasteiger partial charge in [-0.1, -0.05) is 64.8 Å². The zero-order chi connectivity index (χ0) is 36.8. The molecule has 6 aliphatic carbocycles. The summed E-state index contributed by atoms with van der Waals surface area (Å²) in [7, 11) is 2.93. The molecular formula is C42H58O8. The zero-order valence-electron chi connectivity index (χ0n) is 31.5. The van der Waals surface area contributed by atoms with E-state index in [9.17, 15) is 29.1 Å². The van der Waals surface area contributed by atoms with Crippen molar-refractivity contribution in [2.24, 2.45) is 45.3 Å². The second kappa shape index (κ2) is 14.1. The monoisotopic (exact) mass is 690 g/mol. The Kier molecular flexibility index (Phi) is 10.8. The second-order valence-corrected chi connectivity index (χ2v) is 16.9. The van der Waals surface area contributed by atoms with E-state index < -0.39 is 21.7 Å². The fourth-order valence-corrected chi connectivity index (χ4v) is 10.8. The van der Waals surface area contributed by atoms with Crippen LogP contribution in [0, 0.1) is 45.3 Å². The van der Waals surface area contributed by atoms with Gasteiger partial charge in [-0.15, -0.1) is 0 Å². The van der Waals surface area contributed by atoms with Crippen molar-refractivity contribution in [3.05, 3.63) is 45.6 Å². The Morgan fingerprint density at radius 2 is 1.20 bits per heavy atom. The summed E-state index contributed by atoms with van der Waals surface area (Å²) in [5, 5.41) is 9.55. The van der Waals surface area contributed by atoms with Crippen molar-refractivity contribution < 1.29 is 38.6 Å². The van der Waals surface area contributed by atoms with Gasteiger partial charge in [-0.3, -0.25) is 24.0 Å². The maximum atomic E-state index is 13.1. The van der Waals surface area contributed by atoms with E-state index in [0.717, 1.165) is 49.5 Å². The van der Waals surface area contributed by atoms with Crippen molar-refractivity contribution in [1.29, 1.82) is 0 Å². The van der Waals surface area contributed by atoms with Crippen molar-refractivity contribution in [2.45, 2.75) is 119 Å². The van der Waals surface area contributed by atoms with Crippen LogP contribution in [0.15, 0.2) is 45.6 Å². The fourth-order valence-electron chi connectivity index (χ4n) is 10.8. The largest absolute Gasteiger partial charge is 0.468 e. The predicted molar refractivity (Wildman–Crippen MR) is 191 cm³/mol. The third-order valence-electron chi connectivity index (χ3n) is 13.9. The number of hydrogen-bond acceptors (Lipinski definition) is 8. The van der Waals surface area contributed by atoms with Crippen LogP contribution in [0.25, 0.3) is 0 Å². The number of methoxy groups -OCH3 is 2. The van der Waals surface area contributed by atoms with E-state index in [1.165, 1.54) is 30.9 Å². The molecule has 8 heteroatoms. The van der Waals surface area contributed by atoms with Crippen LogP contribution < -0.4 is 0 Å². The maximum Gasteiger partial charge on any atom is 0.315 e. The first-order valence-electron chi connectivity index (χ1n) is 18.7. The summed E-state index contributed by atoms with van der Waals surface area (Å²) in [6.07, 6.45) is 12.8. The highest BCUT2D eigenvalue weighted by molar-refractivity contribution is 5.95. The van der Waals surface area contributed by atoms with Gasteiger partial charge < -0.3 is 14.6 Å². The van der Waals surface area contributed by atoms with Crippen LogP contribution in [0.3, 0.4) is 0 Å². The van der Waals surface area contributed by atoms with Gasteiger partial charge in [0.1, 0.15) is 17.9 Å². The number of fused-ring (bicyclic) bond motifs is 6. The number of ketones is 2. The zero-order valence-corrected chi connectivity index (χ0v) is 31.5. The van der Waals surface area contributed by atoms with E-state index in [-0.39, 0.29) is 48.4 Å². The Morgan fingerprint density at radius 1 is 0.760 bits per heavy atom. The minimum atomic E-state index is -0.571. The minimum absolute atomic E-state index is 0.00907. The van der Waals surface area contributed by atoms with E-state index in [1.807, 2.05) is 19.1 Å². The average molecular weight is 691 g/mol. The quantitative estimate of drug-likeness (QED) is 0.174. The molecule has 0 aliphatic heterocycles. The molecule has 6 atom stereocenters. The van der Waals surface area contributed by atoms with Crippen molar-refractivity contribution in [3.63, 3.8) is 0 Å². The van der Waals surface area contributed by atoms with E-state index in [4.69, 9.17) is 9.47 Å². The number of aldehydes is 1. The molecular weight excluding hydrogens is 632 g/mol. The summed E-state index contributed by atoms with van der Waals surface area (Å²) in [5.41, 5.74) is 4.32. The number of hydrogen-bond donors (Lipinski definition) is 1. The van der Waals surface area contributed by atoms with Crippen LogP contribution in [0.4, 0.5) is 0 Å². The standard InChI is InChI=1S/C21H30O4.C21H28O4/c2*1-13(2)15-7-8-21(19(24)25-4)10-9-20(3)16(18(15)21)6-5-14(12-22)11-17(20)23/h5,13,16,22H,6-12H2,1-4H3;5,12-13,16H,6-11H2,1-4H3/t2*16-,20-,21+/m11/s1. The lowest BCUT2D eigenvalue weighted by molar-refractivity contribution is -0.155. The smallest absolute Gasteiger partial charge is 0.315 e. The van der Waals surface area contributed by atoms with E-state index >= 15 is 0 Å². The van der Waals surface area contributed by atoms with Gasteiger partial charge in [0, 0.05) is 23.7 Å². The van der Waals surface area contributed by atoms with Crippen molar-refractivity contribution in [3.8, 4) is 0 Å². The van der Waals surface area contributed by atoms with Gasteiger partial charge in [-0.2, -0.15) is 0 Å². The third-order valence-corrected chi connectivity index (χ3v) is 13.9. The van der Waals surface area contributed by atoms with E-state index in [2.05, 4.69) is 34.6 Å². The van der Waals surface area contributed by atoms with Crippen molar-refractivity contribution in [2.75, 3.05) is 20.8 Å². The lowest BCUT2D eigenvalue weighted by Crippen LogP contribution is -2.48. The molecule has 8 nitrogen and oxygen atoms in total. The predicted octanol–water partition coefficient (Wildman–Crippen LogP) is 7.39. The number of carbonyl (C=O) groups excluding carboxylic acids is 5. The molecule has 0 saturated heterocycles. The highest BCUT2D eigenvalue weighted by Gasteiger charge is 2.61. The number of allylic oxidation sites excluding steroid dienone is 5. The molecule has 2 saturated carbocycles. The molecule has 0 unspecified atom stereocenters. The van der Waals surface area contributed by atoms with Crippen LogP contribution in [0.5, 0.6) is 0 Å². The van der Waals surface area contributed by atoms with Gasteiger partial charge >= 0.3 is 11.9 Å². The van der Waals surface area contributed by atoms with Crippen molar-refractivity contribution in [1.82, 2.24) is 0 Å². The molecule has 0 heterocycles. The molecule has 6 rings (SSSR count). The second-order valence-electron chi connectivity index (χ2n) is 16.9. The molecule has 1 N–H and O–H groups in total. The van der Waals surface area contributed by atoms with Crippen LogP contribution in [0.1, 0.15) is 119 Å². The van der Waals surface area contributed by atoms with Gasteiger partial charge in [0.2, 0.25) is 0 Å². The number of ether oxygens (including phenoxy) is 2. The van der Waals surface area contributed by atoms with Crippen molar-refractivity contribution >= 4 is 29.8 Å². The first kappa shape index (κ1) is 38.1. The molecule has 2 fully saturated rings. The Morgan fingerprint density at radius 3 is 1.60 bits per heavy atom. The third kappa shape index (κ3) is 5.91. The fraction of sp³-hybridized carbons (Fsp3) is 0.690. The van der Waals surface area contributed by atoms with Gasteiger partial charge in [-0.25, -0.2) is 0 Å². The molecule has 0 radical (unpaired) electrons. The molecule has 0 amide bonds. The summed E-state index contributed by atoms with van der Waals surface area (Å²) in [5.74, 6) is 0.785. The van der Waals surface area contributed by atoms with Crippen LogP contribution in [-0.2, 0) is 33.4 Å². The highest BCUT2D eigenvalue weighted by atomic mass is 16.5. The van der Waals surface area contributed by atoms with Crippen LogP contribution >= 0.6 is 0 Å². The number of carbonyl (C=O) groups is 5. The first-order valence-corrected chi connectivity index (χ1v) is 18.7. The molecule has 0 bridgehead atoms. The molecule has 50 heavy (non-hydrogen) atoms. The van der Waals surface area contributed by atoms with E-state index in [0.29, 0.717) is 55.9 Å². The van der Waals surface area contributed by atoms with Crippen LogP contribution in [-0.4, -0.2) is 55.7 Å². The van der Waals surface area contributed by atoms with Crippen LogP contribution in [0.2, 0.25) is 0 Å². The Labute approximate surface area is 298 Å². The first-order chi connectivity index (χ1) is 23.6. The van der Waals surface area contributed by atoms with Gasteiger partial charge in [-0.05, 0) is 110 Å². The summed E-state index contributed by atoms with van der Waals surface area (Å²) in [6, 6.07) is 0. The van der Waals surface area contributed by atoms with Gasteiger partial charge in [0.25, 0.3) is 0 Å². The molecule has 0 spiro atoms. The number of Topliss-reactive ketones (excluding diaryl/α,β-unsaturated/α-hetero) is 2. The highest BCUT2D eigenvalue weighted by Crippen LogP contribution is 2.64. The maximum absolute atomic E-state index is 13.1. The van der Waals surface area contributed by atoms with Gasteiger partial charge in [0.15, 0.2) is 0 Å². The lowest BCUT2D eigenvalue weighted by Gasteiger charge is -2.48. The summed E-state index contributed by atoms with van der Waals surface area (Å²) < 4.78 is 10.4. The summed E-state index contributed by atoms with van der Waals surface area (Å²) in [4.78, 5) is 62.9. The summed E-state index contributed by atoms with van der Waals surface area (Å²) in [6.45, 7) is 12.7. The number of rotatable bonds is 6. The number of aliphatic hydroxyl groups excluding tert-OH is 1. The molecule has 6 aliphatic rings. The van der Waals surface area contributed by atoms with Gasteiger partial charge in [0.05, 0.1) is 31.7 Å². The Balaban J connectivity index is 0.000000194. The SMILES string of the molecule is COC(=O)[C@]12CCC(C(C)C)=C1[C@H]1CC=C(C=O)CC(=O)[C@]1(C)CC2.COC(=O)[C@]12CCC(C(C)C)=C1[C@H]1CC=C(CO)CC(=O)[C@]1(C)CC2. The molecule has 0 aromatic heterocycles. The van der Waals surface area contributed by atoms with E-state index in [1.54, 1.807) is 0 Å². The summed E-state index contributed by atoms with van der Waals surface area (Å²) >= 11 is 0. The number of aliphatic hydroxyl groups is 1. The Hall–Kier alpha value is -3.13. The topological polar surface area (TPSA) is 124 Å². The molecule has 274 valence electrons.